The Morgan fingerprint density at radius 3 is 2.24 bits per heavy atom. The van der Waals surface area contributed by atoms with E-state index in [1.165, 1.54) is 0 Å². The van der Waals surface area contributed by atoms with Gasteiger partial charge in [0.15, 0.2) is 0 Å². The van der Waals surface area contributed by atoms with Crippen LogP contribution in [-0.2, 0) is 4.79 Å². The van der Waals surface area contributed by atoms with Gasteiger partial charge >= 0.3 is 0 Å². The van der Waals surface area contributed by atoms with Gasteiger partial charge in [-0.3, -0.25) is 9.59 Å². The molecule has 0 spiro atoms. The Bertz CT molecular complexity index is 469. The van der Waals surface area contributed by atoms with Crippen LogP contribution >= 0.6 is 0 Å². The molecule has 1 atom stereocenters. The summed E-state index contributed by atoms with van der Waals surface area (Å²) < 4.78 is 0. The van der Waals surface area contributed by atoms with Crippen molar-refractivity contribution >= 4 is 11.8 Å². The van der Waals surface area contributed by atoms with Gasteiger partial charge in [-0.15, -0.1) is 0 Å². The van der Waals surface area contributed by atoms with Crippen LogP contribution in [0.5, 0.6) is 0 Å². The number of hydrogen-bond donors (Lipinski definition) is 3. The van der Waals surface area contributed by atoms with Crippen LogP contribution in [-0.4, -0.2) is 30.9 Å². The molecule has 0 radical (unpaired) electrons. The third kappa shape index (κ3) is 6.40. The Hall–Kier alpha value is -1.88. The Morgan fingerprint density at radius 2 is 1.67 bits per heavy atom. The van der Waals surface area contributed by atoms with Crippen LogP contribution < -0.4 is 16.4 Å². The van der Waals surface area contributed by atoms with Gasteiger partial charge in [0, 0.05) is 18.7 Å². The highest BCUT2D eigenvalue weighted by molar-refractivity contribution is 5.94. The summed E-state index contributed by atoms with van der Waals surface area (Å²) in [5.41, 5.74) is 7.49. The van der Waals surface area contributed by atoms with Crippen LogP contribution in [0.15, 0.2) is 24.3 Å². The van der Waals surface area contributed by atoms with Gasteiger partial charge in [-0.25, -0.2) is 0 Å². The highest BCUT2D eigenvalue weighted by Gasteiger charge is 2.14. The SMILES string of the molecule is Cc1ccc(C(=O)NCCNC(=O)[C@@H](N)CC(C)C)cc1. The summed E-state index contributed by atoms with van der Waals surface area (Å²) >= 11 is 0. The number of carbonyl (C=O) groups excluding carboxylic acids is 2. The van der Waals surface area contributed by atoms with Gasteiger partial charge < -0.3 is 16.4 Å². The van der Waals surface area contributed by atoms with E-state index in [2.05, 4.69) is 10.6 Å². The number of nitrogens with two attached hydrogens (primary N) is 1. The summed E-state index contributed by atoms with van der Waals surface area (Å²) in [4.78, 5) is 23.5. The first-order valence-electron chi connectivity index (χ1n) is 7.28. The van der Waals surface area contributed by atoms with Gasteiger partial charge in [-0.05, 0) is 31.4 Å². The maximum atomic E-state index is 11.8. The monoisotopic (exact) mass is 291 g/mol. The summed E-state index contributed by atoms with van der Waals surface area (Å²) in [6.45, 7) is 6.77. The Kier molecular flexibility index (Phi) is 6.88. The number of nitrogens with one attached hydrogen (secondary N) is 2. The van der Waals surface area contributed by atoms with Crippen molar-refractivity contribution in [1.82, 2.24) is 10.6 Å². The molecule has 116 valence electrons. The molecule has 0 aliphatic rings. The standard InChI is InChI=1S/C16H25N3O2/c1-11(2)10-14(17)16(21)19-9-8-18-15(20)13-6-4-12(3)5-7-13/h4-7,11,14H,8-10,17H2,1-3H3,(H,18,20)(H,19,21)/t14-/m0/s1. The number of carbonyl (C=O) groups is 2. The normalized spacial score (nSPS) is 12.0. The second-order valence-electron chi connectivity index (χ2n) is 5.65. The molecule has 5 nitrogen and oxygen atoms in total. The van der Waals surface area contributed by atoms with E-state index in [0.717, 1.165) is 5.56 Å². The van der Waals surface area contributed by atoms with E-state index in [-0.39, 0.29) is 11.8 Å². The number of benzene rings is 1. The summed E-state index contributed by atoms with van der Waals surface area (Å²) in [6.07, 6.45) is 0.654. The topological polar surface area (TPSA) is 84.2 Å². The van der Waals surface area contributed by atoms with Gasteiger partial charge in [0.1, 0.15) is 0 Å². The fourth-order valence-corrected chi connectivity index (χ4v) is 1.91. The summed E-state index contributed by atoms with van der Waals surface area (Å²) in [5, 5.41) is 5.48. The van der Waals surface area contributed by atoms with Gasteiger partial charge in [0.25, 0.3) is 5.91 Å². The minimum Gasteiger partial charge on any atom is -0.353 e. The number of hydrogen-bond acceptors (Lipinski definition) is 3. The van der Waals surface area contributed by atoms with Crippen LogP contribution in [0.2, 0.25) is 0 Å². The van der Waals surface area contributed by atoms with E-state index in [4.69, 9.17) is 5.73 Å². The van der Waals surface area contributed by atoms with E-state index in [1.807, 2.05) is 32.9 Å². The molecule has 2 amide bonds. The molecule has 0 aromatic heterocycles. The lowest BCUT2D eigenvalue weighted by Gasteiger charge is -2.14. The molecule has 0 saturated heterocycles. The van der Waals surface area contributed by atoms with Crippen molar-refractivity contribution in [3.63, 3.8) is 0 Å². The molecule has 5 heteroatoms. The molecule has 0 unspecified atom stereocenters. The van der Waals surface area contributed by atoms with Crippen LogP contribution in [0.3, 0.4) is 0 Å². The molecule has 0 saturated carbocycles. The number of aryl methyl sites for hydroxylation is 1. The van der Waals surface area contributed by atoms with Crippen LogP contribution in [0, 0.1) is 12.8 Å². The first kappa shape index (κ1) is 17.2. The zero-order valence-electron chi connectivity index (χ0n) is 13.0. The van der Waals surface area contributed by atoms with Crippen LogP contribution in [0.4, 0.5) is 0 Å². The van der Waals surface area contributed by atoms with E-state index >= 15 is 0 Å². The quantitative estimate of drug-likeness (QED) is 0.660. The highest BCUT2D eigenvalue weighted by Crippen LogP contribution is 2.03. The second kappa shape index (κ2) is 8.42. The third-order valence-corrected chi connectivity index (χ3v) is 3.09. The molecule has 1 rings (SSSR count). The largest absolute Gasteiger partial charge is 0.353 e. The molecule has 0 bridgehead atoms. The zero-order valence-corrected chi connectivity index (χ0v) is 13.0. The van der Waals surface area contributed by atoms with Crippen molar-refractivity contribution in [3.05, 3.63) is 35.4 Å². The fraction of sp³-hybridized carbons (Fsp3) is 0.500. The predicted molar refractivity (Wildman–Crippen MR) is 84.0 cm³/mol. The highest BCUT2D eigenvalue weighted by atomic mass is 16.2. The third-order valence-electron chi connectivity index (χ3n) is 3.09. The van der Waals surface area contributed by atoms with Gasteiger partial charge in [-0.1, -0.05) is 31.5 Å². The lowest BCUT2D eigenvalue weighted by molar-refractivity contribution is -0.122. The predicted octanol–water partition coefficient (Wildman–Crippen LogP) is 1.21. The van der Waals surface area contributed by atoms with Crippen molar-refractivity contribution < 1.29 is 9.59 Å². The van der Waals surface area contributed by atoms with Crippen LogP contribution in [0.25, 0.3) is 0 Å². The zero-order chi connectivity index (χ0) is 15.8. The fourth-order valence-electron chi connectivity index (χ4n) is 1.91. The number of rotatable bonds is 7. The maximum absolute atomic E-state index is 11.8. The minimum absolute atomic E-state index is 0.143. The average molecular weight is 291 g/mol. The maximum Gasteiger partial charge on any atom is 0.251 e. The van der Waals surface area contributed by atoms with E-state index in [1.54, 1.807) is 12.1 Å². The van der Waals surface area contributed by atoms with Crippen molar-refractivity contribution in [2.45, 2.75) is 33.2 Å². The second-order valence-corrected chi connectivity index (χ2v) is 5.65. The number of amides is 2. The van der Waals surface area contributed by atoms with Gasteiger partial charge in [0.05, 0.1) is 6.04 Å². The van der Waals surface area contributed by atoms with E-state index < -0.39 is 6.04 Å². The van der Waals surface area contributed by atoms with Crippen molar-refractivity contribution in [1.29, 1.82) is 0 Å². The summed E-state index contributed by atoms with van der Waals surface area (Å²) in [5.74, 6) is 0.0657. The Labute approximate surface area is 126 Å². The Balaban J connectivity index is 2.26. The first-order valence-corrected chi connectivity index (χ1v) is 7.28. The molecule has 1 aromatic carbocycles. The summed E-state index contributed by atoms with van der Waals surface area (Å²) in [6, 6.07) is 6.85. The lowest BCUT2D eigenvalue weighted by atomic mass is 10.0. The van der Waals surface area contributed by atoms with Crippen molar-refractivity contribution in [3.8, 4) is 0 Å². The molecule has 0 fully saturated rings. The van der Waals surface area contributed by atoms with Gasteiger partial charge in [-0.2, -0.15) is 0 Å². The van der Waals surface area contributed by atoms with E-state index in [9.17, 15) is 9.59 Å². The lowest BCUT2D eigenvalue weighted by Crippen LogP contribution is -2.44. The van der Waals surface area contributed by atoms with Gasteiger partial charge in [0.2, 0.25) is 5.91 Å². The average Bonchev–Trinajstić information content (AvgIpc) is 2.43. The molecular weight excluding hydrogens is 266 g/mol. The molecule has 4 N–H and O–H groups in total. The Morgan fingerprint density at radius 1 is 1.10 bits per heavy atom. The molecule has 0 heterocycles. The molecular formula is C16H25N3O2. The molecule has 21 heavy (non-hydrogen) atoms. The molecule has 1 aromatic rings. The summed E-state index contributed by atoms with van der Waals surface area (Å²) in [7, 11) is 0. The van der Waals surface area contributed by atoms with Crippen molar-refractivity contribution in [2.24, 2.45) is 11.7 Å². The molecule has 0 aliphatic heterocycles. The minimum atomic E-state index is -0.488. The smallest absolute Gasteiger partial charge is 0.251 e. The molecule has 0 aliphatic carbocycles. The van der Waals surface area contributed by atoms with E-state index in [0.29, 0.717) is 31.0 Å². The first-order chi connectivity index (χ1) is 9.90. The van der Waals surface area contributed by atoms with Crippen molar-refractivity contribution in [2.75, 3.05) is 13.1 Å². The van der Waals surface area contributed by atoms with Crippen LogP contribution in [0.1, 0.15) is 36.2 Å².